The Balaban J connectivity index is 2.44. The molecule has 0 nitrogen and oxygen atoms in total. The lowest BCUT2D eigenvalue weighted by atomic mass is 9.76. The van der Waals surface area contributed by atoms with Crippen molar-refractivity contribution in [2.45, 2.75) is 65.0 Å². The number of alkyl halides is 1. The second kappa shape index (κ2) is 5.62. The summed E-state index contributed by atoms with van der Waals surface area (Å²) in [7, 11) is 0. The van der Waals surface area contributed by atoms with Crippen LogP contribution in [0.2, 0.25) is 0 Å². The molecule has 13 heavy (non-hydrogen) atoms. The molecule has 1 fully saturated rings. The van der Waals surface area contributed by atoms with Crippen LogP contribution in [0.25, 0.3) is 0 Å². The molecule has 0 saturated heterocycles. The van der Waals surface area contributed by atoms with Gasteiger partial charge in [-0.3, -0.25) is 0 Å². The van der Waals surface area contributed by atoms with Crippen LogP contribution in [0.3, 0.4) is 0 Å². The lowest BCUT2D eigenvalue weighted by Crippen LogP contribution is -2.27. The van der Waals surface area contributed by atoms with Crippen LogP contribution in [-0.2, 0) is 0 Å². The lowest BCUT2D eigenvalue weighted by Gasteiger charge is -2.32. The van der Waals surface area contributed by atoms with E-state index in [1.807, 2.05) is 0 Å². The van der Waals surface area contributed by atoms with Gasteiger partial charge in [0.1, 0.15) is 6.17 Å². The third-order valence-corrected chi connectivity index (χ3v) is 3.52. The molecule has 1 rings (SSSR count). The topological polar surface area (TPSA) is 0 Å². The molecule has 0 bridgehead atoms. The number of rotatable bonds is 4. The molecular formula is C12H23F. The predicted octanol–water partition coefficient (Wildman–Crippen LogP) is 4.34. The molecule has 78 valence electrons. The van der Waals surface area contributed by atoms with E-state index in [2.05, 4.69) is 13.8 Å². The van der Waals surface area contributed by atoms with Gasteiger partial charge in [-0.2, -0.15) is 0 Å². The SMILES string of the molecule is CCCC(CC)[C@@H]1CCCCC1F. The fourth-order valence-corrected chi connectivity index (χ4v) is 2.74. The molecule has 1 aliphatic rings. The zero-order chi connectivity index (χ0) is 9.68. The number of hydrogen-bond donors (Lipinski definition) is 0. The van der Waals surface area contributed by atoms with Gasteiger partial charge in [-0.05, 0) is 24.7 Å². The van der Waals surface area contributed by atoms with Gasteiger partial charge >= 0.3 is 0 Å². The van der Waals surface area contributed by atoms with Gasteiger partial charge in [0, 0.05) is 0 Å². The molecule has 0 radical (unpaired) electrons. The monoisotopic (exact) mass is 186 g/mol. The van der Waals surface area contributed by atoms with Crippen LogP contribution in [0.15, 0.2) is 0 Å². The molecule has 0 aliphatic heterocycles. The summed E-state index contributed by atoms with van der Waals surface area (Å²) in [4.78, 5) is 0. The second-order valence-corrected chi connectivity index (χ2v) is 4.42. The van der Waals surface area contributed by atoms with E-state index in [-0.39, 0.29) is 0 Å². The third kappa shape index (κ3) is 2.96. The van der Waals surface area contributed by atoms with Crippen molar-refractivity contribution in [1.29, 1.82) is 0 Å². The fourth-order valence-electron chi connectivity index (χ4n) is 2.74. The summed E-state index contributed by atoms with van der Waals surface area (Å²) >= 11 is 0. The van der Waals surface area contributed by atoms with E-state index in [4.69, 9.17) is 0 Å². The molecular weight excluding hydrogens is 163 g/mol. The number of halogens is 1. The largest absolute Gasteiger partial charge is 0.247 e. The van der Waals surface area contributed by atoms with E-state index in [1.165, 1.54) is 25.7 Å². The summed E-state index contributed by atoms with van der Waals surface area (Å²) in [6, 6.07) is 0. The first-order chi connectivity index (χ1) is 6.29. The quantitative estimate of drug-likeness (QED) is 0.612. The van der Waals surface area contributed by atoms with Crippen molar-refractivity contribution in [1.82, 2.24) is 0 Å². The summed E-state index contributed by atoms with van der Waals surface area (Å²) in [5.74, 6) is 1.04. The Morgan fingerprint density at radius 3 is 2.46 bits per heavy atom. The molecule has 1 saturated carbocycles. The average molecular weight is 186 g/mol. The molecule has 1 aliphatic carbocycles. The molecule has 0 aromatic carbocycles. The van der Waals surface area contributed by atoms with Crippen LogP contribution >= 0.6 is 0 Å². The summed E-state index contributed by atoms with van der Waals surface area (Å²) in [5, 5.41) is 0. The second-order valence-electron chi connectivity index (χ2n) is 4.42. The maximum Gasteiger partial charge on any atom is 0.103 e. The van der Waals surface area contributed by atoms with Crippen molar-refractivity contribution in [2.75, 3.05) is 0 Å². The van der Waals surface area contributed by atoms with Crippen molar-refractivity contribution in [3.63, 3.8) is 0 Å². The molecule has 3 atom stereocenters. The van der Waals surface area contributed by atoms with Crippen molar-refractivity contribution < 1.29 is 4.39 Å². The normalized spacial score (nSPS) is 31.6. The Hall–Kier alpha value is -0.0700. The number of hydrogen-bond acceptors (Lipinski definition) is 0. The van der Waals surface area contributed by atoms with E-state index in [0.29, 0.717) is 11.8 Å². The van der Waals surface area contributed by atoms with Crippen molar-refractivity contribution in [3.8, 4) is 0 Å². The minimum atomic E-state index is -0.495. The third-order valence-electron chi connectivity index (χ3n) is 3.52. The zero-order valence-electron chi connectivity index (χ0n) is 9.06. The molecule has 0 spiro atoms. The van der Waals surface area contributed by atoms with Crippen molar-refractivity contribution in [2.24, 2.45) is 11.8 Å². The van der Waals surface area contributed by atoms with Gasteiger partial charge in [0.05, 0.1) is 0 Å². The van der Waals surface area contributed by atoms with E-state index in [1.54, 1.807) is 0 Å². The molecule has 0 amide bonds. The first kappa shape index (κ1) is 11.0. The van der Waals surface area contributed by atoms with E-state index in [0.717, 1.165) is 19.3 Å². The van der Waals surface area contributed by atoms with E-state index in [9.17, 15) is 4.39 Å². The highest BCUT2D eigenvalue weighted by atomic mass is 19.1. The molecule has 1 heteroatoms. The van der Waals surface area contributed by atoms with Crippen molar-refractivity contribution in [3.05, 3.63) is 0 Å². The first-order valence-corrected chi connectivity index (χ1v) is 5.93. The van der Waals surface area contributed by atoms with Gasteiger partial charge in [-0.25, -0.2) is 4.39 Å². The Morgan fingerprint density at radius 2 is 1.92 bits per heavy atom. The van der Waals surface area contributed by atoms with Crippen LogP contribution in [0.4, 0.5) is 4.39 Å². The van der Waals surface area contributed by atoms with Crippen LogP contribution < -0.4 is 0 Å². The maximum absolute atomic E-state index is 13.6. The minimum Gasteiger partial charge on any atom is -0.247 e. The smallest absolute Gasteiger partial charge is 0.103 e. The average Bonchev–Trinajstić information content (AvgIpc) is 2.16. The van der Waals surface area contributed by atoms with Crippen molar-refractivity contribution >= 4 is 0 Å². The molecule has 0 aromatic heterocycles. The van der Waals surface area contributed by atoms with E-state index >= 15 is 0 Å². The summed E-state index contributed by atoms with van der Waals surface area (Å²) in [6.07, 6.45) is 7.43. The lowest BCUT2D eigenvalue weighted by molar-refractivity contribution is 0.105. The van der Waals surface area contributed by atoms with Crippen LogP contribution in [0.1, 0.15) is 58.8 Å². The van der Waals surface area contributed by atoms with Gasteiger partial charge in [0.25, 0.3) is 0 Å². The highest BCUT2D eigenvalue weighted by Gasteiger charge is 2.30. The first-order valence-electron chi connectivity index (χ1n) is 5.93. The Bertz CT molecular complexity index is 133. The highest BCUT2D eigenvalue weighted by Crippen LogP contribution is 2.36. The van der Waals surface area contributed by atoms with Crippen LogP contribution in [0, 0.1) is 11.8 Å². The minimum absolute atomic E-state index is 0.388. The van der Waals surface area contributed by atoms with Gasteiger partial charge in [0.15, 0.2) is 0 Å². The highest BCUT2D eigenvalue weighted by molar-refractivity contribution is 4.80. The van der Waals surface area contributed by atoms with Crippen LogP contribution in [0.5, 0.6) is 0 Å². The summed E-state index contributed by atoms with van der Waals surface area (Å²) in [5.41, 5.74) is 0. The zero-order valence-corrected chi connectivity index (χ0v) is 9.06. The van der Waals surface area contributed by atoms with Gasteiger partial charge < -0.3 is 0 Å². The Morgan fingerprint density at radius 1 is 1.23 bits per heavy atom. The van der Waals surface area contributed by atoms with Gasteiger partial charge in [-0.1, -0.05) is 46.0 Å². The molecule has 0 N–H and O–H groups in total. The van der Waals surface area contributed by atoms with Gasteiger partial charge in [-0.15, -0.1) is 0 Å². The van der Waals surface area contributed by atoms with Gasteiger partial charge in [0.2, 0.25) is 0 Å². The molecule has 2 unspecified atom stereocenters. The molecule has 0 aromatic rings. The Labute approximate surface area is 81.9 Å². The summed E-state index contributed by atoms with van der Waals surface area (Å²) in [6.45, 7) is 4.42. The van der Waals surface area contributed by atoms with Crippen LogP contribution in [-0.4, -0.2) is 6.17 Å². The Kier molecular flexibility index (Phi) is 4.76. The molecule has 0 heterocycles. The maximum atomic E-state index is 13.6. The standard InChI is InChI=1S/C12H23F/c1-3-7-10(4-2)11-8-5-6-9-12(11)13/h10-12H,3-9H2,1-2H3/t10?,11-,12?/m0/s1. The fraction of sp³-hybridized carbons (Fsp3) is 1.00. The van der Waals surface area contributed by atoms with E-state index < -0.39 is 6.17 Å². The summed E-state index contributed by atoms with van der Waals surface area (Å²) < 4.78 is 13.6. The predicted molar refractivity (Wildman–Crippen MR) is 55.5 cm³/mol.